The van der Waals surface area contributed by atoms with Gasteiger partial charge in [-0.05, 0) is 42.9 Å². The molecule has 0 saturated heterocycles. The molecule has 8 heteroatoms. The lowest BCUT2D eigenvalue weighted by molar-refractivity contribution is 0.0847. The molecule has 3 heterocycles. The number of amides is 2. The number of hydrogen-bond donors (Lipinski definition) is 2. The largest absolute Gasteiger partial charge is 0.336 e. The summed E-state index contributed by atoms with van der Waals surface area (Å²) in [5, 5.41) is 4.77. The molecule has 1 aliphatic rings. The number of fused-ring (bicyclic) bond motifs is 1. The number of carbonyl (C=O) groups is 2. The van der Waals surface area contributed by atoms with Gasteiger partial charge in [0.05, 0.1) is 22.2 Å². The Bertz CT molecular complexity index is 1070. The summed E-state index contributed by atoms with van der Waals surface area (Å²) in [6.45, 7) is 6.27. The molecule has 1 fully saturated rings. The molecule has 8 nitrogen and oxygen atoms in total. The molecule has 0 aromatic carbocycles. The molecule has 0 atom stereocenters. The van der Waals surface area contributed by atoms with Gasteiger partial charge >= 0.3 is 0 Å². The zero-order valence-electron chi connectivity index (χ0n) is 16.7. The first-order valence-electron chi connectivity index (χ1n) is 9.62. The summed E-state index contributed by atoms with van der Waals surface area (Å²) in [6.07, 6.45) is 5.72. The predicted octanol–water partition coefficient (Wildman–Crippen LogP) is 3.16. The molecule has 1 saturated carbocycles. The van der Waals surface area contributed by atoms with Crippen molar-refractivity contribution in [1.82, 2.24) is 26.0 Å². The Balaban J connectivity index is 1.64. The summed E-state index contributed by atoms with van der Waals surface area (Å²) in [6, 6.07) is 5.06. The molecule has 2 N–H and O–H groups in total. The van der Waals surface area contributed by atoms with E-state index in [2.05, 4.69) is 46.7 Å². The summed E-state index contributed by atoms with van der Waals surface area (Å²) in [7, 11) is 0. The zero-order valence-corrected chi connectivity index (χ0v) is 16.7. The average molecular weight is 393 g/mol. The van der Waals surface area contributed by atoms with Gasteiger partial charge in [-0.3, -0.25) is 25.4 Å². The van der Waals surface area contributed by atoms with Crippen LogP contribution in [0.3, 0.4) is 0 Å². The normalized spacial score (nSPS) is 14.0. The van der Waals surface area contributed by atoms with E-state index in [9.17, 15) is 9.59 Å². The fourth-order valence-electron chi connectivity index (χ4n) is 3.17. The van der Waals surface area contributed by atoms with Crippen molar-refractivity contribution >= 4 is 22.9 Å². The van der Waals surface area contributed by atoms with Crippen LogP contribution < -0.4 is 10.9 Å². The molecule has 150 valence electrons. The second-order valence-corrected chi connectivity index (χ2v) is 8.57. The summed E-state index contributed by atoms with van der Waals surface area (Å²) in [5.41, 5.74) is 7.51. The van der Waals surface area contributed by atoms with Gasteiger partial charge in [-0.2, -0.15) is 0 Å². The third-order valence-electron chi connectivity index (χ3n) is 4.69. The van der Waals surface area contributed by atoms with Crippen molar-refractivity contribution in [3.05, 3.63) is 53.1 Å². The van der Waals surface area contributed by atoms with Gasteiger partial charge in [-0.15, -0.1) is 0 Å². The summed E-state index contributed by atoms with van der Waals surface area (Å²) in [4.78, 5) is 33.7. The van der Waals surface area contributed by atoms with Crippen LogP contribution in [-0.2, 0) is 6.42 Å². The lowest BCUT2D eigenvalue weighted by Gasteiger charge is -2.16. The Morgan fingerprint density at radius 1 is 1.21 bits per heavy atom. The first kappa shape index (κ1) is 19.0. The molecule has 3 aromatic heterocycles. The predicted molar refractivity (Wildman–Crippen MR) is 106 cm³/mol. The molecule has 2 amide bonds. The van der Waals surface area contributed by atoms with Crippen molar-refractivity contribution < 1.29 is 14.1 Å². The molecule has 29 heavy (non-hydrogen) atoms. The first-order chi connectivity index (χ1) is 13.8. The second-order valence-electron chi connectivity index (χ2n) is 8.57. The molecule has 4 rings (SSSR count). The van der Waals surface area contributed by atoms with E-state index in [0.717, 1.165) is 18.5 Å². The molecule has 0 aliphatic heterocycles. The smallest absolute Gasteiger partial charge is 0.271 e. The molecule has 3 aromatic rings. The van der Waals surface area contributed by atoms with Crippen LogP contribution in [0.1, 0.15) is 71.6 Å². The van der Waals surface area contributed by atoms with Crippen LogP contribution in [0, 0.1) is 5.41 Å². The Labute approximate surface area is 168 Å². The lowest BCUT2D eigenvalue weighted by atomic mass is 9.89. The number of nitrogens with zero attached hydrogens (tertiary/aromatic N) is 3. The van der Waals surface area contributed by atoms with Crippen molar-refractivity contribution in [1.29, 1.82) is 0 Å². The van der Waals surface area contributed by atoms with Gasteiger partial charge in [0.2, 0.25) is 0 Å². The summed E-state index contributed by atoms with van der Waals surface area (Å²) >= 11 is 0. The maximum atomic E-state index is 13.0. The van der Waals surface area contributed by atoms with E-state index in [4.69, 9.17) is 4.52 Å². The molecular formula is C21H23N5O3. The number of hydrazine groups is 1. The Hall–Kier alpha value is -3.29. The highest BCUT2D eigenvalue weighted by Gasteiger charge is 2.30. The van der Waals surface area contributed by atoms with E-state index in [-0.39, 0.29) is 5.41 Å². The fraction of sp³-hybridized carbons (Fsp3) is 0.381. The maximum absolute atomic E-state index is 13.0. The van der Waals surface area contributed by atoms with Crippen LogP contribution in [0.4, 0.5) is 0 Å². The van der Waals surface area contributed by atoms with E-state index < -0.39 is 11.8 Å². The van der Waals surface area contributed by atoms with E-state index in [1.165, 1.54) is 6.20 Å². The minimum absolute atomic E-state index is 0.0404. The number of hydrogen-bond acceptors (Lipinski definition) is 6. The van der Waals surface area contributed by atoms with Crippen LogP contribution in [0.2, 0.25) is 0 Å². The van der Waals surface area contributed by atoms with E-state index in [0.29, 0.717) is 40.3 Å². The van der Waals surface area contributed by atoms with Gasteiger partial charge in [0.1, 0.15) is 0 Å². The van der Waals surface area contributed by atoms with Crippen molar-refractivity contribution in [3.63, 3.8) is 0 Å². The third kappa shape index (κ3) is 4.26. The van der Waals surface area contributed by atoms with Gasteiger partial charge in [-0.1, -0.05) is 25.9 Å². The number of rotatable bonds is 4. The van der Waals surface area contributed by atoms with Crippen LogP contribution in [0.25, 0.3) is 11.1 Å². The maximum Gasteiger partial charge on any atom is 0.271 e. The monoisotopic (exact) mass is 393 g/mol. The molecule has 1 aliphatic carbocycles. The molecule has 0 unspecified atom stereocenters. The van der Waals surface area contributed by atoms with E-state index in [1.807, 2.05) is 0 Å². The lowest BCUT2D eigenvalue weighted by Crippen LogP contribution is -2.41. The van der Waals surface area contributed by atoms with E-state index >= 15 is 0 Å². The fourth-order valence-corrected chi connectivity index (χ4v) is 3.17. The van der Waals surface area contributed by atoms with Crippen molar-refractivity contribution in [2.45, 2.75) is 46.0 Å². The van der Waals surface area contributed by atoms with Crippen LogP contribution >= 0.6 is 0 Å². The summed E-state index contributed by atoms with van der Waals surface area (Å²) < 4.78 is 5.46. The quantitative estimate of drug-likeness (QED) is 0.659. The van der Waals surface area contributed by atoms with Crippen molar-refractivity contribution in [2.24, 2.45) is 5.41 Å². The Morgan fingerprint density at radius 3 is 2.62 bits per heavy atom. The van der Waals surface area contributed by atoms with Crippen LogP contribution in [0.5, 0.6) is 0 Å². The molecular weight excluding hydrogens is 370 g/mol. The third-order valence-corrected chi connectivity index (χ3v) is 4.69. The number of carbonyl (C=O) groups excluding carboxylic acids is 2. The Morgan fingerprint density at radius 2 is 1.97 bits per heavy atom. The molecule has 0 bridgehead atoms. The van der Waals surface area contributed by atoms with Gasteiger partial charge in [0.15, 0.2) is 0 Å². The molecule has 0 radical (unpaired) electrons. The average Bonchev–Trinajstić information content (AvgIpc) is 3.47. The second kappa shape index (κ2) is 7.27. The van der Waals surface area contributed by atoms with Crippen LogP contribution in [-0.4, -0.2) is 26.9 Å². The minimum Gasteiger partial charge on any atom is -0.336 e. The highest BCUT2D eigenvalue weighted by atomic mass is 16.5. The van der Waals surface area contributed by atoms with Gasteiger partial charge in [0.25, 0.3) is 17.5 Å². The highest BCUT2D eigenvalue weighted by molar-refractivity contribution is 6.07. The number of aromatic nitrogens is 3. The highest BCUT2D eigenvalue weighted by Crippen LogP contribution is 2.40. The first-order valence-corrected chi connectivity index (χ1v) is 9.62. The number of pyridine rings is 2. The topological polar surface area (TPSA) is 110 Å². The van der Waals surface area contributed by atoms with E-state index in [1.54, 1.807) is 24.4 Å². The zero-order chi connectivity index (χ0) is 20.6. The minimum atomic E-state index is -0.445. The van der Waals surface area contributed by atoms with Crippen molar-refractivity contribution in [3.8, 4) is 0 Å². The van der Waals surface area contributed by atoms with Gasteiger partial charge < -0.3 is 4.52 Å². The number of nitrogens with one attached hydrogen (secondary N) is 2. The molecule has 0 spiro atoms. The Kier molecular flexibility index (Phi) is 4.77. The van der Waals surface area contributed by atoms with Gasteiger partial charge in [-0.25, -0.2) is 4.98 Å². The van der Waals surface area contributed by atoms with Crippen LogP contribution in [0.15, 0.2) is 35.1 Å². The standard InChI is InChI=1S/C21H23N5O3/c1-21(2,3)10-16-17-14(9-15(12-6-7-12)23-20(17)29-26-16)19(28)25-24-18(27)13-5-4-8-22-11-13/h4-5,8-9,11-12H,6-7,10H2,1-3H3,(H,24,27)(H,25,28). The van der Waals surface area contributed by atoms with Gasteiger partial charge in [0, 0.05) is 24.0 Å². The van der Waals surface area contributed by atoms with Crippen molar-refractivity contribution in [2.75, 3.05) is 0 Å². The summed E-state index contributed by atoms with van der Waals surface area (Å²) in [5.74, 6) is -0.540. The SMILES string of the molecule is CC(C)(C)Cc1noc2nc(C3CC3)cc(C(=O)NNC(=O)c3cccnc3)c12.